The molecule has 2 rings (SSSR count). The van der Waals surface area contributed by atoms with Crippen molar-refractivity contribution in [2.45, 2.75) is 24.3 Å². The highest BCUT2D eigenvalue weighted by atomic mass is 32.2. The van der Waals surface area contributed by atoms with E-state index < -0.39 is 10.0 Å². The molecular formula is C13H21N3O3S. The third-order valence-corrected chi connectivity index (χ3v) is 5.61. The Labute approximate surface area is 120 Å². The monoisotopic (exact) mass is 299 g/mol. The maximum absolute atomic E-state index is 12.6. The summed E-state index contributed by atoms with van der Waals surface area (Å²) < 4.78 is 31.9. The lowest BCUT2D eigenvalue weighted by atomic mass is 9.99. The van der Waals surface area contributed by atoms with Gasteiger partial charge in [0.2, 0.25) is 10.0 Å². The van der Waals surface area contributed by atoms with Gasteiger partial charge in [-0.1, -0.05) is 0 Å². The van der Waals surface area contributed by atoms with Gasteiger partial charge in [-0.15, -0.1) is 0 Å². The number of hydrogen-bond acceptors (Lipinski definition) is 5. The van der Waals surface area contributed by atoms with Crippen LogP contribution in [-0.2, 0) is 21.3 Å². The van der Waals surface area contributed by atoms with Crippen molar-refractivity contribution in [3.05, 3.63) is 24.0 Å². The highest BCUT2D eigenvalue weighted by Gasteiger charge is 2.30. The highest BCUT2D eigenvalue weighted by Crippen LogP contribution is 2.25. The molecule has 0 amide bonds. The summed E-state index contributed by atoms with van der Waals surface area (Å²) in [4.78, 5) is 4.28. The Hall–Kier alpha value is -1.02. The van der Waals surface area contributed by atoms with Gasteiger partial charge >= 0.3 is 0 Å². The molecule has 0 radical (unpaired) electrons. The molecule has 1 aromatic heterocycles. The van der Waals surface area contributed by atoms with E-state index in [-0.39, 0.29) is 11.4 Å². The van der Waals surface area contributed by atoms with E-state index in [9.17, 15) is 8.42 Å². The van der Waals surface area contributed by atoms with Gasteiger partial charge in [0.05, 0.1) is 5.69 Å². The van der Waals surface area contributed by atoms with Crippen LogP contribution in [0.3, 0.4) is 0 Å². The van der Waals surface area contributed by atoms with Crippen LogP contribution in [0.15, 0.2) is 23.2 Å². The minimum atomic E-state index is -3.49. The predicted octanol–water partition coefficient (Wildman–Crippen LogP) is 0.587. The van der Waals surface area contributed by atoms with Crippen LogP contribution in [0.5, 0.6) is 0 Å². The van der Waals surface area contributed by atoms with Crippen LogP contribution >= 0.6 is 0 Å². The molecular weight excluding hydrogens is 278 g/mol. The fourth-order valence-corrected chi connectivity index (χ4v) is 4.16. The molecule has 1 saturated heterocycles. The smallest absolute Gasteiger partial charge is 0.244 e. The van der Waals surface area contributed by atoms with Gasteiger partial charge in [-0.2, -0.15) is 4.31 Å². The Balaban J connectivity index is 2.16. The van der Waals surface area contributed by atoms with E-state index in [1.165, 1.54) is 4.31 Å². The van der Waals surface area contributed by atoms with Gasteiger partial charge in [0, 0.05) is 39.5 Å². The predicted molar refractivity (Wildman–Crippen MR) is 75.5 cm³/mol. The molecule has 0 unspecified atom stereocenters. The van der Waals surface area contributed by atoms with E-state index in [1.807, 2.05) is 0 Å². The third kappa shape index (κ3) is 3.17. The van der Waals surface area contributed by atoms with Crippen molar-refractivity contribution in [1.82, 2.24) is 9.29 Å². The van der Waals surface area contributed by atoms with Gasteiger partial charge in [0.1, 0.15) is 4.90 Å². The first-order valence-corrected chi connectivity index (χ1v) is 8.16. The van der Waals surface area contributed by atoms with E-state index in [2.05, 4.69) is 4.98 Å². The van der Waals surface area contributed by atoms with Gasteiger partial charge in [0.15, 0.2) is 0 Å². The zero-order valence-corrected chi connectivity index (χ0v) is 12.5. The lowest BCUT2D eigenvalue weighted by Crippen LogP contribution is -2.39. The quantitative estimate of drug-likeness (QED) is 0.860. The highest BCUT2D eigenvalue weighted by molar-refractivity contribution is 7.89. The number of aromatic nitrogens is 1. The van der Waals surface area contributed by atoms with Crippen molar-refractivity contribution in [3.63, 3.8) is 0 Å². The van der Waals surface area contributed by atoms with Crippen molar-refractivity contribution < 1.29 is 13.2 Å². The fraction of sp³-hybridized carbons (Fsp3) is 0.615. The van der Waals surface area contributed by atoms with Crippen LogP contribution in [0.25, 0.3) is 0 Å². The summed E-state index contributed by atoms with van der Waals surface area (Å²) in [7, 11) is -1.82. The average molecular weight is 299 g/mol. The Morgan fingerprint density at radius 1 is 1.45 bits per heavy atom. The van der Waals surface area contributed by atoms with Crippen LogP contribution < -0.4 is 5.73 Å². The number of nitrogens with two attached hydrogens (primary N) is 1. The number of methoxy groups -OCH3 is 1. The summed E-state index contributed by atoms with van der Waals surface area (Å²) >= 11 is 0. The summed E-state index contributed by atoms with van der Waals surface area (Å²) in [6, 6.07) is 3.20. The maximum Gasteiger partial charge on any atom is 0.244 e. The molecule has 1 fully saturated rings. The molecule has 0 aliphatic carbocycles. The Bertz CT molecular complexity index is 540. The molecule has 2 N–H and O–H groups in total. The van der Waals surface area contributed by atoms with Gasteiger partial charge in [0.25, 0.3) is 0 Å². The lowest BCUT2D eigenvalue weighted by molar-refractivity contribution is 0.121. The van der Waals surface area contributed by atoms with Gasteiger partial charge in [-0.25, -0.2) is 8.42 Å². The number of ether oxygens (including phenoxy) is 1. The van der Waals surface area contributed by atoms with Gasteiger partial charge in [-0.3, -0.25) is 4.98 Å². The normalized spacial score (nSPS) is 18.3. The number of rotatable bonds is 5. The zero-order chi connectivity index (χ0) is 14.6. The second-order valence-electron chi connectivity index (χ2n) is 4.96. The number of sulfonamides is 1. The Kier molecular flexibility index (Phi) is 5.09. The molecule has 6 nitrogen and oxygen atoms in total. The number of piperidine rings is 1. The van der Waals surface area contributed by atoms with Crippen LogP contribution in [-0.4, -0.2) is 44.5 Å². The first-order chi connectivity index (χ1) is 9.59. The maximum atomic E-state index is 12.6. The molecule has 0 spiro atoms. The average Bonchev–Trinajstić information content (AvgIpc) is 2.48. The third-order valence-electron chi connectivity index (χ3n) is 3.64. The number of pyridine rings is 1. The van der Waals surface area contributed by atoms with E-state index >= 15 is 0 Å². The van der Waals surface area contributed by atoms with Crippen molar-refractivity contribution >= 4 is 10.0 Å². The topological polar surface area (TPSA) is 85.5 Å². The van der Waals surface area contributed by atoms with Gasteiger partial charge < -0.3 is 10.5 Å². The summed E-state index contributed by atoms with van der Waals surface area (Å²) in [6.07, 6.45) is 3.21. The molecule has 0 bridgehead atoms. The molecule has 0 atom stereocenters. The number of nitrogens with zero attached hydrogens (tertiary/aromatic N) is 2. The molecule has 20 heavy (non-hydrogen) atoms. The molecule has 0 saturated carbocycles. The first-order valence-electron chi connectivity index (χ1n) is 6.72. The Morgan fingerprint density at radius 2 is 2.15 bits per heavy atom. The van der Waals surface area contributed by atoms with Crippen LogP contribution in [0.1, 0.15) is 18.5 Å². The molecule has 7 heteroatoms. The minimum absolute atomic E-state index is 0.121. The van der Waals surface area contributed by atoms with Gasteiger partial charge in [-0.05, 0) is 30.9 Å². The van der Waals surface area contributed by atoms with Crippen LogP contribution in [0.2, 0.25) is 0 Å². The van der Waals surface area contributed by atoms with Crippen LogP contribution in [0, 0.1) is 5.92 Å². The van der Waals surface area contributed by atoms with Crippen molar-refractivity contribution in [3.8, 4) is 0 Å². The van der Waals surface area contributed by atoms with Crippen molar-refractivity contribution in [1.29, 1.82) is 0 Å². The van der Waals surface area contributed by atoms with Crippen molar-refractivity contribution in [2.75, 3.05) is 26.8 Å². The second kappa shape index (κ2) is 6.62. The minimum Gasteiger partial charge on any atom is -0.384 e. The van der Waals surface area contributed by atoms with E-state index in [0.717, 1.165) is 12.8 Å². The first kappa shape index (κ1) is 15.4. The molecule has 2 heterocycles. The van der Waals surface area contributed by atoms with E-state index in [4.69, 9.17) is 10.5 Å². The van der Waals surface area contributed by atoms with Crippen LogP contribution in [0.4, 0.5) is 0 Å². The molecule has 1 aliphatic heterocycles. The summed E-state index contributed by atoms with van der Waals surface area (Å²) in [5, 5.41) is 0. The van der Waals surface area contributed by atoms with Crippen molar-refractivity contribution in [2.24, 2.45) is 11.7 Å². The molecule has 112 valence electrons. The second-order valence-corrected chi connectivity index (χ2v) is 6.86. The summed E-state index contributed by atoms with van der Waals surface area (Å²) in [5.41, 5.74) is 6.00. The SMILES string of the molecule is COCC1CCN(S(=O)(=O)c2cccnc2CN)CC1. The Morgan fingerprint density at radius 3 is 2.75 bits per heavy atom. The fourth-order valence-electron chi connectivity index (χ4n) is 2.50. The zero-order valence-electron chi connectivity index (χ0n) is 11.7. The largest absolute Gasteiger partial charge is 0.384 e. The molecule has 1 aliphatic rings. The molecule has 0 aromatic carbocycles. The van der Waals surface area contributed by atoms with E-state index in [1.54, 1.807) is 25.4 Å². The molecule has 1 aromatic rings. The summed E-state index contributed by atoms with van der Waals surface area (Å²) in [5.74, 6) is 0.439. The standard InChI is InChI=1S/C13H21N3O3S/c1-19-10-11-4-7-16(8-5-11)20(17,18)13-3-2-6-15-12(13)9-14/h2-3,6,11H,4-5,7-10,14H2,1H3. The van der Waals surface area contributed by atoms with E-state index in [0.29, 0.717) is 31.3 Å². The number of hydrogen-bond donors (Lipinski definition) is 1. The lowest BCUT2D eigenvalue weighted by Gasteiger charge is -2.31. The summed E-state index contributed by atoms with van der Waals surface area (Å²) in [6.45, 7) is 1.86.